The van der Waals surface area contributed by atoms with E-state index in [4.69, 9.17) is 9.47 Å². The van der Waals surface area contributed by atoms with E-state index in [0.717, 1.165) is 23.0 Å². The van der Waals surface area contributed by atoms with E-state index in [2.05, 4.69) is 10.3 Å². The van der Waals surface area contributed by atoms with Gasteiger partial charge in [-0.2, -0.15) is 0 Å². The number of aromatic amines is 1. The second kappa shape index (κ2) is 6.36. The molecule has 0 unspecified atom stereocenters. The predicted octanol–water partition coefficient (Wildman–Crippen LogP) is 1.27. The first-order valence-electron chi connectivity index (χ1n) is 6.15. The van der Waals surface area contributed by atoms with Crippen LogP contribution < -0.4 is 15.6 Å². The fraction of sp³-hybridized carbons (Fsp3) is 0.357. The number of hydrogen-bond acceptors (Lipinski definition) is 4. The third kappa shape index (κ3) is 3.13. The fourth-order valence-electron chi connectivity index (χ4n) is 2.04. The summed E-state index contributed by atoms with van der Waals surface area (Å²) in [6.07, 6.45) is 0. The molecule has 0 bridgehead atoms. The van der Waals surface area contributed by atoms with E-state index in [-0.39, 0.29) is 5.56 Å². The zero-order valence-electron chi connectivity index (χ0n) is 11.2. The molecule has 0 saturated carbocycles. The Morgan fingerprint density at radius 3 is 2.89 bits per heavy atom. The molecule has 2 N–H and O–H groups in total. The van der Waals surface area contributed by atoms with Crippen LogP contribution in [0, 0.1) is 0 Å². The summed E-state index contributed by atoms with van der Waals surface area (Å²) in [5.41, 5.74) is 1.57. The molecule has 1 aromatic heterocycles. The number of rotatable bonds is 6. The van der Waals surface area contributed by atoms with Crippen LogP contribution in [0.15, 0.2) is 29.1 Å². The number of pyridine rings is 1. The summed E-state index contributed by atoms with van der Waals surface area (Å²) < 4.78 is 10.2. The van der Waals surface area contributed by atoms with Gasteiger partial charge in [-0.05, 0) is 11.6 Å². The van der Waals surface area contributed by atoms with Crippen molar-refractivity contribution in [3.8, 4) is 5.75 Å². The van der Waals surface area contributed by atoms with Gasteiger partial charge in [0.05, 0.1) is 19.2 Å². The highest BCUT2D eigenvalue weighted by Gasteiger charge is 2.07. The maximum absolute atomic E-state index is 11.7. The van der Waals surface area contributed by atoms with E-state index in [9.17, 15) is 4.79 Å². The summed E-state index contributed by atoms with van der Waals surface area (Å²) in [5.74, 6) is 0.674. The molecule has 0 radical (unpaired) electrons. The van der Waals surface area contributed by atoms with Crippen molar-refractivity contribution in [3.63, 3.8) is 0 Å². The van der Waals surface area contributed by atoms with Crippen molar-refractivity contribution < 1.29 is 9.47 Å². The number of nitrogens with one attached hydrogen (secondary N) is 2. The molecule has 1 heterocycles. The van der Waals surface area contributed by atoms with Crippen LogP contribution in [0.1, 0.15) is 5.56 Å². The first-order chi connectivity index (χ1) is 9.26. The SMILES string of the molecule is COCCNCc1cc(=O)[nH]c2c(OC)cccc12. The van der Waals surface area contributed by atoms with Gasteiger partial charge in [-0.15, -0.1) is 0 Å². The van der Waals surface area contributed by atoms with Gasteiger partial charge in [0, 0.05) is 31.7 Å². The topological polar surface area (TPSA) is 63.3 Å². The van der Waals surface area contributed by atoms with Crippen LogP contribution in [0.25, 0.3) is 10.9 Å². The lowest BCUT2D eigenvalue weighted by Gasteiger charge is -2.10. The smallest absolute Gasteiger partial charge is 0.248 e. The summed E-state index contributed by atoms with van der Waals surface area (Å²) in [5, 5.41) is 4.23. The molecular formula is C14H18N2O3. The second-order valence-corrected chi connectivity index (χ2v) is 4.21. The molecule has 0 aliphatic heterocycles. The molecule has 1 aromatic carbocycles. The van der Waals surface area contributed by atoms with Gasteiger partial charge in [0.25, 0.3) is 0 Å². The van der Waals surface area contributed by atoms with Gasteiger partial charge in [-0.3, -0.25) is 4.79 Å². The number of ether oxygens (including phenoxy) is 2. The highest BCUT2D eigenvalue weighted by Crippen LogP contribution is 2.24. The summed E-state index contributed by atoms with van der Waals surface area (Å²) >= 11 is 0. The second-order valence-electron chi connectivity index (χ2n) is 4.21. The Morgan fingerprint density at radius 2 is 2.16 bits per heavy atom. The monoisotopic (exact) mass is 262 g/mol. The number of H-pyrrole nitrogens is 1. The van der Waals surface area contributed by atoms with Crippen molar-refractivity contribution in [2.75, 3.05) is 27.4 Å². The van der Waals surface area contributed by atoms with Crippen molar-refractivity contribution in [3.05, 3.63) is 40.2 Å². The lowest BCUT2D eigenvalue weighted by molar-refractivity contribution is 0.199. The minimum atomic E-state index is -0.124. The van der Waals surface area contributed by atoms with Crippen LogP contribution in [0.5, 0.6) is 5.75 Å². The Hall–Kier alpha value is -1.85. The van der Waals surface area contributed by atoms with Gasteiger partial charge in [0.2, 0.25) is 5.56 Å². The van der Waals surface area contributed by atoms with Crippen LogP contribution >= 0.6 is 0 Å². The van der Waals surface area contributed by atoms with Gasteiger partial charge in [0.15, 0.2) is 0 Å². The number of fused-ring (bicyclic) bond motifs is 1. The third-order valence-electron chi connectivity index (χ3n) is 2.94. The molecule has 5 heteroatoms. The van der Waals surface area contributed by atoms with Gasteiger partial charge < -0.3 is 19.8 Å². The number of aromatic nitrogens is 1. The van der Waals surface area contributed by atoms with E-state index in [1.807, 2.05) is 18.2 Å². The van der Waals surface area contributed by atoms with Crippen molar-refractivity contribution in [1.82, 2.24) is 10.3 Å². The summed E-state index contributed by atoms with van der Waals surface area (Å²) in [7, 11) is 3.26. The quantitative estimate of drug-likeness (QED) is 0.770. The van der Waals surface area contributed by atoms with Crippen LogP contribution in [0.3, 0.4) is 0 Å². The van der Waals surface area contributed by atoms with Gasteiger partial charge in [0.1, 0.15) is 5.75 Å². The first-order valence-corrected chi connectivity index (χ1v) is 6.15. The van der Waals surface area contributed by atoms with E-state index in [1.165, 1.54) is 0 Å². The lowest BCUT2D eigenvalue weighted by atomic mass is 10.1. The Kier molecular flexibility index (Phi) is 4.54. The molecule has 0 spiro atoms. The molecule has 0 saturated heterocycles. The van der Waals surface area contributed by atoms with Crippen LogP contribution in [-0.4, -0.2) is 32.4 Å². The summed E-state index contributed by atoms with van der Waals surface area (Å²) in [4.78, 5) is 14.5. The molecular weight excluding hydrogens is 244 g/mol. The number of para-hydroxylation sites is 1. The van der Waals surface area contributed by atoms with Gasteiger partial charge >= 0.3 is 0 Å². The number of benzene rings is 1. The fourth-order valence-corrected chi connectivity index (χ4v) is 2.04. The van der Waals surface area contributed by atoms with Crippen LogP contribution in [-0.2, 0) is 11.3 Å². The molecule has 2 rings (SSSR count). The standard InChI is InChI=1S/C14H18N2O3/c1-18-7-6-15-9-10-8-13(17)16-14-11(10)4-3-5-12(14)19-2/h3-5,8,15H,6-7,9H2,1-2H3,(H,16,17). The van der Waals surface area contributed by atoms with Crippen molar-refractivity contribution in [2.24, 2.45) is 0 Å². The predicted molar refractivity (Wildman–Crippen MR) is 74.7 cm³/mol. The minimum absolute atomic E-state index is 0.124. The Labute approximate surface area is 111 Å². The zero-order chi connectivity index (χ0) is 13.7. The summed E-state index contributed by atoms with van der Waals surface area (Å²) in [6.45, 7) is 2.01. The molecule has 0 aliphatic rings. The van der Waals surface area contributed by atoms with E-state index in [0.29, 0.717) is 18.9 Å². The molecule has 102 valence electrons. The van der Waals surface area contributed by atoms with Crippen LogP contribution in [0.2, 0.25) is 0 Å². The third-order valence-corrected chi connectivity index (χ3v) is 2.94. The molecule has 2 aromatic rings. The van der Waals surface area contributed by atoms with Crippen molar-refractivity contribution in [1.29, 1.82) is 0 Å². The number of methoxy groups -OCH3 is 2. The maximum Gasteiger partial charge on any atom is 0.248 e. The highest BCUT2D eigenvalue weighted by atomic mass is 16.5. The van der Waals surface area contributed by atoms with E-state index >= 15 is 0 Å². The largest absolute Gasteiger partial charge is 0.495 e. The molecule has 19 heavy (non-hydrogen) atoms. The van der Waals surface area contributed by atoms with Crippen molar-refractivity contribution >= 4 is 10.9 Å². The van der Waals surface area contributed by atoms with E-state index < -0.39 is 0 Å². The average Bonchev–Trinajstić information content (AvgIpc) is 2.42. The number of hydrogen-bond donors (Lipinski definition) is 2. The zero-order valence-corrected chi connectivity index (χ0v) is 11.2. The molecule has 0 atom stereocenters. The molecule has 0 fully saturated rings. The highest BCUT2D eigenvalue weighted by molar-refractivity contribution is 5.87. The van der Waals surface area contributed by atoms with Crippen LogP contribution in [0.4, 0.5) is 0 Å². The van der Waals surface area contributed by atoms with Crippen molar-refractivity contribution in [2.45, 2.75) is 6.54 Å². The Morgan fingerprint density at radius 1 is 1.32 bits per heavy atom. The Bertz CT molecular complexity index is 607. The lowest BCUT2D eigenvalue weighted by Crippen LogP contribution is -2.20. The molecule has 5 nitrogen and oxygen atoms in total. The molecule has 0 aliphatic carbocycles. The normalized spacial score (nSPS) is 10.8. The summed E-state index contributed by atoms with van der Waals surface area (Å²) in [6, 6.07) is 7.33. The van der Waals surface area contributed by atoms with Gasteiger partial charge in [-0.25, -0.2) is 0 Å². The molecule has 0 amide bonds. The minimum Gasteiger partial charge on any atom is -0.495 e. The van der Waals surface area contributed by atoms with Gasteiger partial charge in [-0.1, -0.05) is 12.1 Å². The average molecular weight is 262 g/mol. The maximum atomic E-state index is 11.7. The Balaban J connectivity index is 2.35. The first kappa shape index (κ1) is 13.6. The van der Waals surface area contributed by atoms with E-state index in [1.54, 1.807) is 20.3 Å².